The summed E-state index contributed by atoms with van der Waals surface area (Å²) in [6, 6.07) is 17.8. The summed E-state index contributed by atoms with van der Waals surface area (Å²) in [6.45, 7) is 0.667. The molecule has 1 unspecified atom stereocenters. The number of hydrogen-bond donors (Lipinski definition) is 2. The van der Waals surface area contributed by atoms with E-state index in [-0.39, 0.29) is 6.10 Å². The number of benzene rings is 2. The van der Waals surface area contributed by atoms with E-state index in [0.29, 0.717) is 12.4 Å². The minimum Gasteiger partial charge on any atom is -0.478 e. The molecule has 104 valence electrons. The van der Waals surface area contributed by atoms with Crippen LogP contribution in [0, 0.1) is 0 Å². The van der Waals surface area contributed by atoms with Crippen molar-refractivity contribution in [3.05, 3.63) is 60.4 Å². The zero-order valence-electron chi connectivity index (χ0n) is 11.3. The summed E-state index contributed by atoms with van der Waals surface area (Å²) in [7, 11) is 0. The lowest BCUT2D eigenvalue weighted by Gasteiger charge is -2.25. The van der Waals surface area contributed by atoms with Gasteiger partial charge in [0.25, 0.3) is 0 Å². The highest BCUT2D eigenvalue weighted by atomic mass is 16.5. The smallest absolute Gasteiger partial charge is 0.181 e. The van der Waals surface area contributed by atoms with Crippen LogP contribution in [-0.2, 0) is 0 Å². The zero-order chi connectivity index (χ0) is 14.1. The van der Waals surface area contributed by atoms with Crippen molar-refractivity contribution < 1.29 is 4.74 Å². The van der Waals surface area contributed by atoms with Crippen LogP contribution in [0.2, 0.25) is 0 Å². The van der Waals surface area contributed by atoms with E-state index in [1.807, 2.05) is 54.6 Å². The van der Waals surface area contributed by atoms with Crippen molar-refractivity contribution in [1.29, 1.82) is 0 Å². The first kappa shape index (κ1) is 12.0. The summed E-state index contributed by atoms with van der Waals surface area (Å²) in [5, 5.41) is 10.6. The van der Waals surface area contributed by atoms with Gasteiger partial charge in [-0.15, -0.1) is 0 Å². The molecule has 1 aliphatic rings. The quantitative estimate of drug-likeness (QED) is 0.756. The SMILES string of the molecule is c1ccc(-c2n[nH]c(C3CNc4ccccc4O3)n2)cc1. The number of ether oxygens (including phenoxy) is 1. The molecule has 5 heteroatoms. The average Bonchev–Trinajstić information content (AvgIpc) is 3.05. The standard InChI is InChI=1S/C16H14N4O/c1-2-6-11(7-3-1)15-18-16(20-19-15)14-10-17-12-8-4-5-9-13(12)21-14/h1-9,14,17H,10H2,(H,18,19,20). The van der Waals surface area contributed by atoms with E-state index < -0.39 is 0 Å². The molecule has 4 rings (SSSR count). The van der Waals surface area contributed by atoms with Crippen molar-refractivity contribution >= 4 is 5.69 Å². The highest BCUT2D eigenvalue weighted by Crippen LogP contribution is 2.32. The highest BCUT2D eigenvalue weighted by Gasteiger charge is 2.23. The topological polar surface area (TPSA) is 62.8 Å². The summed E-state index contributed by atoms with van der Waals surface area (Å²) in [6.07, 6.45) is -0.162. The minimum absolute atomic E-state index is 0.162. The Hall–Kier alpha value is -2.82. The number of hydrogen-bond acceptors (Lipinski definition) is 4. The van der Waals surface area contributed by atoms with Gasteiger partial charge in [-0.05, 0) is 12.1 Å². The monoisotopic (exact) mass is 278 g/mol. The third-order valence-electron chi connectivity index (χ3n) is 3.47. The van der Waals surface area contributed by atoms with Crippen molar-refractivity contribution in [2.75, 3.05) is 11.9 Å². The van der Waals surface area contributed by atoms with Gasteiger partial charge in [-0.3, -0.25) is 5.10 Å². The van der Waals surface area contributed by atoms with E-state index >= 15 is 0 Å². The third kappa shape index (κ3) is 2.23. The van der Waals surface area contributed by atoms with E-state index in [1.54, 1.807) is 0 Å². The number of nitrogens with one attached hydrogen (secondary N) is 2. The fourth-order valence-corrected chi connectivity index (χ4v) is 2.40. The predicted molar refractivity (Wildman–Crippen MR) is 80.1 cm³/mol. The predicted octanol–water partition coefficient (Wildman–Crippen LogP) is 3.02. The molecule has 0 aliphatic carbocycles. The Balaban J connectivity index is 1.60. The van der Waals surface area contributed by atoms with Gasteiger partial charge in [0.15, 0.2) is 17.8 Å². The van der Waals surface area contributed by atoms with E-state index in [1.165, 1.54) is 0 Å². The summed E-state index contributed by atoms with van der Waals surface area (Å²) in [4.78, 5) is 4.55. The fourth-order valence-electron chi connectivity index (χ4n) is 2.40. The van der Waals surface area contributed by atoms with Crippen molar-refractivity contribution in [2.24, 2.45) is 0 Å². The number of aromatic nitrogens is 3. The molecule has 1 aliphatic heterocycles. The zero-order valence-corrected chi connectivity index (χ0v) is 11.3. The van der Waals surface area contributed by atoms with Crippen LogP contribution in [-0.4, -0.2) is 21.7 Å². The van der Waals surface area contributed by atoms with Gasteiger partial charge in [-0.25, -0.2) is 4.98 Å². The molecular formula is C16H14N4O. The molecule has 2 aromatic carbocycles. The van der Waals surface area contributed by atoms with Gasteiger partial charge < -0.3 is 10.1 Å². The first-order valence-corrected chi connectivity index (χ1v) is 6.87. The summed E-state index contributed by atoms with van der Waals surface area (Å²) < 4.78 is 5.97. The van der Waals surface area contributed by atoms with Gasteiger partial charge in [0.05, 0.1) is 12.2 Å². The van der Waals surface area contributed by atoms with Gasteiger partial charge >= 0.3 is 0 Å². The van der Waals surface area contributed by atoms with Crippen molar-refractivity contribution in [1.82, 2.24) is 15.2 Å². The van der Waals surface area contributed by atoms with Crippen LogP contribution in [0.3, 0.4) is 0 Å². The Kier molecular flexibility index (Phi) is 2.81. The Bertz CT molecular complexity index is 754. The average molecular weight is 278 g/mol. The molecule has 0 bridgehead atoms. The number of nitrogens with zero attached hydrogens (tertiary/aromatic N) is 2. The van der Waals surface area contributed by atoms with Gasteiger partial charge in [-0.2, -0.15) is 5.10 Å². The van der Waals surface area contributed by atoms with Crippen molar-refractivity contribution in [2.45, 2.75) is 6.10 Å². The van der Waals surface area contributed by atoms with E-state index in [9.17, 15) is 0 Å². The lowest BCUT2D eigenvalue weighted by Crippen LogP contribution is -2.24. The second kappa shape index (κ2) is 4.94. The van der Waals surface area contributed by atoms with E-state index in [4.69, 9.17) is 4.74 Å². The molecule has 2 heterocycles. The normalized spacial score (nSPS) is 16.7. The largest absolute Gasteiger partial charge is 0.478 e. The van der Waals surface area contributed by atoms with Crippen LogP contribution < -0.4 is 10.1 Å². The molecule has 0 spiro atoms. The first-order chi connectivity index (χ1) is 10.4. The van der Waals surface area contributed by atoms with Crippen LogP contribution in [0.1, 0.15) is 11.9 Å². The molecule has 0 saturated heterocycles. The van der Waals surface area contributed by atoms with Gasteiger partial charge in [0.1, 0.15) is 5.75 Å². The fraction of sp³-hybridized carbons (Fsp3) is 0.125. The number of para-hydroxylation sites is 2. The molecule has 1 aromatic heterocycles. The molecule has 3 aromatic rings. The molecule has 0 radical (unpaired) electrons. The van der Waals surface area contributed by atoms with Gasteiger partial charge in [0, 0.05) is 5.56 Å². The number of rotatable bonds is 2. The Labute approximate surface area is 122 Å². The minimum atomic E-state index is -0.162. The molecule has 0 fully saturated rings. The summed E-state index contributed by atoms with van der Waals surface area (Å²) in [5.74, 6) is 2.26. The number of anilines is 1. The lowest BCUT2D eigenvalue weighted by atomic mass is 10.2. The second-order valence-corrected chi connectivity index (χ2v) is 4.89. The second-order valence-electron chi connectivity index (χ2n) is 4.89. The van der Waals surface area contributed by atoms with Crippen molar-refractivity contribution in [3.8, 4) is 17.1 Å². The molecule has 2 N–H and O–H groups in total. The van der Waals surface area contributed by atoms with Gasteiger partial charge in [0.2, 0.25) is 0 Å². The maximum atomic E-state index is 5.97. The van der Waals surface area contributed by atoms with Crippen LogP contribution in [0.25, 0.3) is 11.4 Å². The molecule has 21 heavy (non-hydrogen) atoms. The van der Waals surface area contributed by atoms with Crippen LogP contribution in [0.4, 0.5) is 5.69 Å². The number of H-pyrrole nitrogens is 1. The maximum Gasteiger partial charge on any atom is 0.181 e. The lowest BCUT2D eigenvalue weighted by molar-refractivity contribution is 0.201. The van der Waals surface area contributed by atoms with Crippen LogP contribution in [0.5, 0.6) is 5.75 Å². The van der Waals surface area contributed by atoms with Gasteiger partial charge in [-0.1, -0.05) is 42.5 Å². The molecule has 0 amide bonds. The Morgan fingerprint density at radius 2 is 1.81 bits per heavy atom. The molecule has 0 saturated carbocycles. The molecular weight excluding hydrogens is 264 g/mol. The Morgan fingerprint density at radius 3 is 2.71 bits per heavy atom. The first-order valence-electron chi connectivity index (χ1n) is 6.87. The van der Waals surface area contributed by atoms with E-state index in [0.717, 1.165) is 22.8 Å². The maximum absolute atomic E-state index is 5.97. The third-order valence-corrected chi connectivity index (χ3v) is 3.47. The van der Waals surface area contributed by atoms with E-state index in [2.05, 4.69) is 20.5 Å². The Morgan fingerprint density at radius 1 is 1.00 bits per heavy atom. The van der Waals surface area contributed by atoms with Crippen molar-refractivity contribution in [3.63, 3.8) is 0 Å². The molecule has 1 atom stereocenters. The summed E-state index contributed by atoms with van der Waals surface area (Å²) in [5.41, 5.74) is 2.00. The molecule has 5 nitrogen and oxygen atoms in total. The van der Waals surface area contributed by atoms with Crippen LogP contribution in [0.15, 0.2) is 54.6 Å². The summed E-state index contributed by atoms with van der Waals surface area (Å²) >= 11 is 0. The number of fused-ring (bicyclic) bond motifs is 1. The highest BCUT2D eigenvalue weighted by molar-refractivity contribution is 5.58. The number of aromatic amines is 1. The van der Waals surface area contributed by atoms with Crippen LogP contribution >= 0.6 is 0 Å².